The number of ketones is 1. The Morgan fingerprint density at radius 3 is 2.12 bits per heavy atom. The summed E-state index contributed by atoms with van der Waals surface area (Å²) in [4.78, 5) is 26.3. The third-order valence-corrected chi connectivity index (χ3v) is 4.88. The molecule has 2 aromatic carbocycles. The molecule has 1 fully saturated rings. The molecule has 130 valence electrons. The van der Waals surface area contributed by atoms with Crippen molar-refractivity contribution in [2.24, 2.45) is 0 Å². The van der Waals surface area contributed by atoms with E-state index < -0.39 is 11.8 Å². The topological polar surface area (TPSA) is 77.8 Å². The highest BCUT2D eigenvalue weighted by atomic mass is 16.4. The minimum atomic E-state index is -1.17. The van der Waals surface area contributed by atoms with E-state index >= 15 is 0 Å². The van der Waals surface area contributed by atoms with Gasteiger partial charge in [0.2, 0.25) is 0 Å². The lowest BCUT2D eigenvalue weighted by Gasteiger charge is -2.29. The Bertz CT molecular complexity index is 820. The zero-order valence-corrected chi connectivity index (χ0v) is 14.3. The van der Waals surface area contributed by atoms with Gasteiger partial charge in [0.1, 0.15) is 5.75 Å². The Kier molecular flexibility index (Phi) is 4.49. The molecule has 5 heteroatoms. The summed E-state index contributed by atoms with van der Waals surface area (Å²) in [6.07, 6.45) is 2.18. The van der Waals surface area contributed by atoms with Crippen molar-refractivity contribution in [3.63, 3.8) is 0 Å². The van der Waals surface area contributed by atoms with Crippen LogP contribution in [0.1, 0.15) is 53.0 Å². The molecule has 0 radical (unpaired) electrons. The molecule has 1 aliphatic heterocycles. The molecule has 0 bridgehead atoms. The van der Waals surface area contributed by atoms with E-state index in [0.29, 0.717) is 12.1 Å². The monoisotopic (exact) mass is 339 g/mol. The second-order valence-electron chi connectivity index (χ2n) is 6.56. The first-order valence-electron chi connectivity index (χ1n) is 8.38. The number of benzene rings is 2. The molecule has 2 unspecified atom stereocenters. The highest BCUT2D eigenvalue weighted by molar-refractivity contribution is 6.15. The number of carboxylic acids is 1. The van der Waals surface area contributed by atoms with E-state index in [1.807, 2.05) is 6.07 Å². The summed E-state index contributed by atoms with van der Waals surface area (Å²) < 4.78 is 0. The lowest BCUT2D eigenvalue weighted by molar-refractivity contribution is 0.0692. The van der Waals surface area contributed by atoms with Gasteiger partial charge >= 0.3 is 5.97 Å². The Morgan fingerprint density at radius 1 is 0.960 bits per heavy atom. The summed E-state index contributed by atoms with van der Waals surface area (Å²) in [7, 11) is 0. The zero-order chi connectivity index (χ0) is 18.1. The van der Waals surface area contributed by atoms with Gasteiger partial charge in [0.25, 0.3) is 0 Å². The number of nitrogens with zero attached hydrogens (tertiary/aromatic N) is 1. The number of carboxylic acid groups (broad SMARTS) is 1. The fourth-order valence-corrected chi connectivity index (χ4v) is 3.59. The number of anilines is 1. The normalized spacial score (nSPS) is 19.8. The number of phenolic OH excluding ortho intramolecular Hbond substituents is 1. The van der Waals surface area contributed by atoms with Crippen molar-refractivity contribution in [1.82, 2.24) is 0 Å². The molecule has 0 amide bonds. The van der Waals surface area contributed by atoms with Gasteiger partial charge in [-0.15, -0.1) is 0 Å². The molecular formula is C20H21NO4. The van der Waals surface area contributed by atoms with Crippen LogP contribution in [0.5, 0.6) is 5.75 Å². The lowest BCUT2D eigenvalue weighted by atomic mass is 9.97. The minimum absolute atomic E-state index is 0.0703. The Balaban J connectivity index is 1.97. The molecular weight excluding hydrogens is 318 g/mol. The van der Waals surface area contributed by atoms with Crippen LogP contribution in [0.25, 0.3) is 0 Å². The van der Waals surface area contributed by atoms with E-state index in [2.05, 4.69) is 18.7 Å². The number of aromatic carboxylic acids is 1. The van der Waals surface area contributed by atoms with Crippen LogP contribution < -0.4 is 4.90 Å². The number of carbonyl (C=O) groups is 2. The van der Waals surface area contributed by atoms with E-state index in [4.69, 9.17) is 0 Å². The molecule has 0 spiro atoms. The van der Waals surface area contributed by atoms with Gasteiger partial charge in [-0.25, -0.2) is 4.79 Å². The molecule has 1 heterocycles. The molecule has 2 aromatic rings. The van der Waals surface area contributed by atoms with E-state index in [1.54, 1.807) is 24.3 Å². The summed E-state index contributed by atoms with van der Waals surface area (Å²) in [6, 6.07) is 11.8. The fourth-order valence-electron chi connectivity index (χ4n) is 3.59. The van der Waals surface area contributed by atoms with Gasteiger partial charge in [0, 0.05) is 29.4 Å². The number of rotatable bonds is 4. The van der Waals surface area contributed by atoms with Gasteiger partial charge in [-0.05, 0) is 44.9 Å². The maximum absolute atomic E-state index is 12.7. The SMILES string of the molecule is CC1CCC(C)N1c1ccc(C(=O)c2ccccc2C(=O)O)c(O)c1. The maximum Gasteiger partial charge on any atom is 0.336 e. The second-order valence-corrected chi connectivity index (χ2v) is 6.56. The summed E-state index contributed by atoms with van der Waals surface area (Å²) in [5.74, 6) is -1.79. The number of aromatic hydroxyl groups is 1. The molecule has 0 aromatic heterocycles. The number of phenols is 1. The molecule has 5 nitrogen and oxygen atoms in total. The first kappa shape index (κ1) is 17.0. The summed E-state index contributed by atoms with van der Waals surface area (Å²) in [5.41, 5.74) is 0.980. The van der Waals surface area contributed by atoms with Crippen molar-refractivity contribution in [3.8, 4) is 5.75 Å². The third-order valence-electron chi connectivity index (χ3n) is 4.88. The first-order valence-corrected chi connectivity index (χ1v) is 8.38. The molecule has 3 rings (SSSR count). The molecule has 1 aliphatic rings. The lowest BCUT2D eigenvalue weighted by Crippen LogP contribution is -2.32. The van der Waals surface area contributed by atoms with Crippen LogP contribution in [0.2, 0.25) is 0 Å². The van der Waals surface area contributed by atoms with Gasteiger partial charge in [0.05, 0.1) is 11.1 Å². The van der Waals surface area contributed by atoms with E-state index in [1.165, 1.54) is 12.1 Å². The largest absolute Gasteiger partial charge is 0.507 e. The van der Waals surface area contributed by atoms with Crippen LogP contribution in [0, 0.1) is 0 Å². The molecule has 0 aliphatic carbocycles. The molecule has 0 saturated carbocycles. The van der Waals surface area contributed by atoms with Crippen LogP contribution in [-0.2, 0) is 0 Å². The second kappa shape index (κ2) is 6.59. The van der Waals surface area contributed by atoms with Crippen LogP contribution in [0.15, 0.2) is 42.5 Å². The van der Waals surface area contributed by atoms with Crippen molar-refractivity contribution in [1.29, 1.82) is 0 Å². The average molecular weight is 339 g/mol. The zero-order valence-electron chi connectivity index (χ0n) is 14.3. The van der Waals surface area contributed by atoms with Crippen LogP contribution in [-0.4, -0.2) is 34.0 Å². The predicted octanol–water partition coefficient (Wildman–Crippen LogP) is 3.70. The summed E-state index contributed by atoms with van der Waals surface area (Å²) >= 11 is 0. The minimum Gasteiger partial charge on any atom is -0.507 e. The van der Waals surface area contributed by atoms with Gasteiger partial charge in [-0.3, -0.25) is 4.79 Å². The quantitative estimate of drug-likeness (QED) is 0.831. The van der Waals surface area contributed by atoms with Gasteiger partial charge in [-0.2, -0.15) is 0 Å². The van der Waals surface area contributed by atoms with Gasteiger partial charge in [-0.1, -0.05) is 18.2 Å². The van der Waals surface area contributed by atoms with Crippen molar-refractivity contribution >= 4 is 17.4 Å². The molecule has 2 atom stereocenters. The Hall–Kier alpha value is -2.82. The maximum atomic E-state index is 12.7. The number of carbonyl (C=O) groups excluding carboxylic acids is 1. The predicted molar refractivity (Wildman–Crippen MR) is 95.6 cm³/mol. The van der Waals surface area contributed by atoms with Crippen molar-refractivity contribution in [3.05, 3.63) is 59.2 Å². The van der Waals surface area contributed by atoms with Gasteiger partial charge in [0.15, 0.2) is 5.78 Å². The van der Waals surface area contributed by atoms with Crippen molar-refractivity contribution in [2.75, 3.05) is 4.90 Å². The smallest absolute Gasteiger partial charge is 0.336 e. The van der Waals surface area contributed by atoms with Crippen molar-refractivity contribution < 1.29 is 19.8 Å². The summed E-state index contributed by atoms with van der Waals surface area (Å²) in [6.45, 7) is 4.28. The Morgan fingerprint density at radius 2 is 1.56 bits per heavy atom. The van der Waals surface area contributed by atoms with Crippen LogP contribution in [0.4, 0.5) is 5.69 Å². The number of hydrogen-bond acceptors (Lipinski definition) is 4. The fraction of sp³-hybridized carbons (Fsp3) is 0.300. The molecule has 1 saturated heterocycles. The van der Waals surface area contributed by atoms with Crippen LogP contribution in [0.3, 0.4) is 0 Å². The first-order chi connectivity index (χ1) is 11.9. The Labute approximate surface area is 146 Å². The molecule has 25 heavy (non-hydrogen) atoms. The van der Waals surface area contributed by atoms with Gasteiger partial charge < -0.3 is 15.1 Å². The van der Waals surface area contributed by atoms with E-state index in [0.717, 1.165) is 18.5 Å². The average Bonchev–Trinajstić information content (AvgIpc) is 2.92. The standard InChI is InChI=1S/C20H21NO4/c1-12-7-8-13(2)21(12)14-9-10-17(18(22)11-14)19(23)15-5-3-4-6-16(15)20(24)25/h3-6,9-13,22H,7-8H2,1-2H3,(H,24,25). The molecule has 2 N–H and O–H groups in total. The summed E-state index contributed by atoms with van der Waals surface area (Å²) in [5, 5.41) is 19.6. The van der Waals surface area contributed by atoms with Crippen molar-refractivity contribution in [2.45, 2.75) is 38.8 Å². The third kappa shape index (κ3) is 3.09. The van der Waals surface area contributed by atoms with Crippen LogP contribution >= 0.6 is 0 Å². The number of hydrogen-bond donors (Lipinski definition) is 2. The highest BCUT2D eigenvalue weighted by Crippen LogP contribution is 2.34. The van der Waals surface area contributed by atoms with E-state index in [9.17, 15) is 19.8 Å². The highest BCUT2D eigenvalue weighted by Gasteiger charge is 2.28. The van der Waals surface area contributed by atoms with E-state index in [-0.39, 0.29) is 22.4 Å².